The molecule has 0 aliphatic rings. The number of rotatable bonds is 11. The topological polar surface area (TPSA) is 151 Å². The minimum absolute atomic E-state index is 0.101. The first-order valence-corrected chi connectivity index (χ1v) is 10.6. The number of aliphatic carboxylic acids is 1. The van der Waals surface area contributed by atoms with Gasteiger partial charge in [0, 0.05) is 12.8 Å². The van der Waals surface area contributed by atoms with Gasteiger partial charge in [0.15, 0.2) is 0 Å². The first-order valence-electron chi connectivity index (χ1n) is 10.6. The number of benzene rings is 2. The molecule has 33 heavy (non-hydrogen) atoms. The van der Waals surface area contributed by atoms with E-state index in [2.05, 4.69) is 16.0 Å². The summed E-state index contributed by atoms with van der Waals surface area (Å²) >= 11 is 0. The predicted molar refractivity (Wildman–Crippen MR) is 123 cm³/mol. The fourth-order valence-corrected chi connectivity index (χ4v) is 3.09. The van der Waals surface area contributed by atoms with E-state index in [-0.39, 0.29) is 12.8 Å². The zero-order valence-corrected chi connectivity index (χ0v) is 18.7. The van der Waals surface area contributed by atoms with E-state index in [0.717, 1.165) is 11.1 Å². The highest BCUT2D eigenvalue weighted by Crippen LogP contribution is 2.06. The van der Waals surface area contributed by atoms with E-state index < -0.39 is 47.9 Å². The van der Waals surface area contributed by atoms with Crippen molar-refractivity contribution in [2.75, 3.05) is 0 Å². The zero-order valence-electron chi connectivity index (χ0n) is 18.7. The Morgan fingerprint density at radius 1 is 0.727 bits per heavy atom. The van der Waals surface area contributed by atoms with Crippen LogP contribution in [0.15, 0.2) is 60.7 Å². The summed E-state index contributed by atoms with van der Waals surface area (Å²) in [4.78, 5) is 49.2. The van der Waals surface area contributed by atoms with Crippen molar-refractivity contribution in [3.8, 4) is 0 Å². The highest BCUT2D eigenvalue weighted by Gasteiger charge is 2.28. The molecule has 4 atom stereocenters. The molecule has 2 aromatic rings. The van der Waals surface area contributed by atoms with Crippen LogP contribution < -0.4 is 21.7 Å². The molecule has 176 valence electrons. The molecular weight excluding hydrogens is 424 g/mol. The molecule has 0 saturated carbocycles. The molecule has 9 nitrogen and oxygen atoms in total. The lowest BCUT2D eigenvalue weighted by Gasteiger charge is -2.23. The molecule has 0 heterocycles. The van der Waals surface area contributed by atoms with E-state index in [1.807, 2.05) is 36.4 Å². The van der Waals surface area contributed by atoms with Gasteiger partial charge in [0.1, 0.15) is 18.1 Å². The van der Waals surface area contributed by atoms with Gasteiger partial charge in [0.25, 0.3) is 0 Å². The fraction of sp³-hybridized carbons (Fsp3) is 0.333. The van der Waals surface area contributed by atoms with Crippen LogP contribution in [-0.2, 0) is 32.0 Å². The molecule has 0 unspecified atom stereocenters. The molecule has 0 radical (unpaired) electrons. The number of nitrogens with one attached hydrogen (secondary N) is 3. The van der Waals surface area contributed by atoms with Gasteiger partial charge in [-0.2, -0.15) is 0 Å². The number of amides is 3. The lowest BCUT2D eigenvalue weighted by molar-refractivity contribution is -0.142. The maximum Gasteiger partial charge on any atom is 0.326 e. The molecule has 0 spiro atoms. The average Bonchev–Trinajstić information content (AvgIpc) is 2.79. The van der Waals surface area contributed by atoms with Crippen LogP contribution in [0.2, 0.25) is 0 Å². The molecule has 0 bridgehead atoms. The standard InChI is InChI=1S/C24H30N4O5/c1-15(25)21(29)27-19(13-17-9-5-3-6-10-17)23(31)26-16(2)22(30)28-20(24(32)33)14-18-11-7-4-8-12-18/h3-12,15-16,19-20H,13-14,25H2,1-2H3,(H,26,31)(H,27,29)(H,28,30)(H,32,33)/t15-,16-,19-,20-/m0/s1. The summed E-state index contributed by atoms with van der Waals surface area (Å²) in [5.74, 6) is -2.91. The van der Waals surface area contributed by atoms with E-state index in [0.29, 0.717) is 0 Å². The van der Waals surface area contributed by atoms with Crippen LogP contribution in [0.5, 0.6) is 0 Å². The van der Waals surface area contributed by atoms with Crippen molar-refractivity contribution in [2.45, 2.75) is 50.9 Å². The van der Waals surface area contributed by atoms with Gasteiger partial charge in [-0.1, -0.05) is 60.7 Å². The lowest BCUT2D eigenvalue weighted by atomic mass is 10.0. The third-order valence-electron chi connectivity index (χ3n) is 4.98. The number of carboxylic acids is 1. The van der Waals surface area contributed by atoms with Crippen molar-refractivity contribution in [1.82, 2.24) is 16.0 Å². The Bertz CT molecular complexity index is 950. The van der Waals surface area contributed by atoms with Crippen LogP contribution in [-0.4, -0.2) is 53.0 Å². The minimum Gasteiger partial charge on any atom is -0.480 e. The van der Waals surface area contributed by atoms with Crippen LogP contribution >= 0.6 is 0 Å². The molecule has 0 aliphatic carbocycles. The van der Waals surface area contributed by atoms with Crippen LogP contribution in [0, 0.1) is 0 Å². The number of hydrogen-bond acceptors (Lipinski definition) is 5. The molecule has 0 aliphatic heterocycles. The fourth-order valence-electron chi connectivity index (χ4n) is 3.09. The second kappa shape index (κ2) is 12.4. The lowest BCUT2D eigenvalue weighted by Crippen LogP contribution is -2.56. The van der Waals surface area contributed by atoms with Crippen molar-refractivity contribution < 1.29 is 24.3 Å². The van der Waals surface area contributed by atoms with Crippen LogP contribution in [0.1, 0.15) is 25.0 Å². The van der Waals surface area contributed by atoms with Gasteiger partial charge in [-0.05, 0) is 25.0 Å². The minimum atomic E-state index is -1.18. The van der Waals surface area contributed by atoms with Gasteiger partial charge >= 0.3 is 5.97 Å². The van der Waals surface area contributed by atoms with Crippen molar-refractivity contribution in [3.63, 3.8) is 0 Å². The third kappa shape index (κ3) is 8.38. The maximum atomic E-state index is 12.9. The molecule has 3 amide bonds. The molecule has 2 aromatic carbocycles. The zero-order chi connectivity index (χ0) is 24.4. The van der Waals surface area contributed by atoms with Crippen molar-refractivity contribution in [1.29, 1.82) is 0 Å². The number of carbonyl (C=O) groups excluding carboxylic acids is 3. The molecule has 2 rings (SSSR count). The van der Waals surface area contributed by atoms with Gasteiger partial charge in [0.05, 0.1) is 6.04 Å². The summed E-state index contributed by atoms with van der Waals surface area (Å²) in [6, 6.07) is 14.0. The van der Waals surface area contributed by atoms with E-state index in [1.54, 1.807) is 24.3 Å². The summed E-state index contributed by atoms with van der Waals surface area (Å²) in [5, 5.41) is 17.1. The van der Waals surface area contributed by atoms with Gasteiger partial charge in [-0.25, -0.2) is 4.79 Å². The molecule has 0 fully saturated rings. The Morgan fingerprint density at radius 3 is 1.64 bits per heavy atom. The number of carbonyl (C=O) groups is 4. The van der Waals surface area contributed by atoms with Gasteiger partial charge in [-0.3, -0.25) is 14.4 Å². The quantitative estimate of drug-likeness (QED) is 0.331. The summed E-state index contributed by atoms with van der Waals surface area (Å²) in [5.41, 5.74) is 7.18. The Kier molecular flexibility index (Phi) is 9.56. The summed E-state index contributed by atoms with van der Waals surface area (Å²) in [6.45, 7) is 2.95. The monoisotopic (exact) mass is 454 g/mol. The highest BCUT2D eigenvalue weighted by atomic mass is 16.4. The second-order valence-electron chi connectivity index (χ2n) is 7.86. The van der Waals surface area contributed by atoms with Crippen LogP contribution in [0.25, 0.3) is 0 Å². The summed E-state index contributed by atoms with van der Waals surface area (Å²) in [6.07, 6.45) is 0.300. The average molecular weight is 455 g/mol. The van der Waals surface area contributed by atoms with Gasteiger partial charge in [0.2, 0.25) is 17.7 Å². The van der Waals surface area contributed by atoms with Crippen LogP contribution in [0.4, 0.5) is 0 Å². The van der Waals surface area contributed by atoms with E-state index >= 15 is 0 Å². The number of carboxylic acid groups (broad SMARTS) is 1. The molecule has 0 aromatic heterocycles. The smallest absolute Gasteiger partial charge is 0.326 e. The third-order valence-corrected chi connectivity index (χ3v) is 4.98. The van der Waals surface area contributed by atoms with Crippen molar-refractivity contribution in [3.05, 3.63) is 71.8 Å². The van der Waals surface area contributed by atoms with E-state index in [4.69, 9.17) is 5.73 Å². The molecule has 6 N–H and O–H groups in total. The van der Waals surface area contributed by atoms with Gasteiger partial charge in [-0.15, -0.1) is 0 Å². The van der Waals surface area contributed by atoms with E-state index in [9.17, 15) is 24.3 Å². The first-order chi connectivity index (χ1) is 15.7. The number of nitrogens with two attached hydrogens (primary N) is 1. The largest absolute Gasteiger partial charge is 0.480 e. The maximum absolute atomic E-state index is 12.9. The molecule has 9 heteroatoms. The summed E-state index contributed by atoms with van der Waals surface area (Å²) in [7, 11) is 0. The summed E-state index contributed by atoms with van der Waals surface area (Å²) < 4.78 is 0. The SMILES string of the molecule is C[C@H](N)C(=O)N[C@@H](Cc1ccccc1)C(=O)N[C@@H](C)C(=O)N[C@@H](Cc1ccccc1)C(=O)O. The Morgan fingerprint density at radius 2 is 1.18 bits per heavy atom. The highest BCUT2D eigenvalue weighted by molar-refractivity contribution is 5.94. The molecule has 0 saturated heterocycles. The van der Waals surface area contributed by atoms with Crippen molar-refractivity contribution in [2.24, 2.45) is 5.73 Å². The normalized spacial score (nSPS) is 14.3. The van der Waals surface area contributed by atoms with Gasteiger partial charge < -0.3 is 26.8 Å². The predicted octanol–water partition coefficient (Wildman–Crippen LogP) is 0.378. The molecular formula is C24H30N4O5. The Balaban J connectivity index is 2.04. The van der Waals surface area contributed by atoms with Crippen LogP contribution in [0.3, 0.4) is 0 Å². The number of hydrogen-bond donors (Lipinski definition) is 5. The Labute approximate surface area is 192 Å². The second-order valence-corrected chi connectivity index (χ2v) is 7.86. The van der Waals surface area contributed by atoms with Crippen molar-refractivity contribution >= 4 is 23.7 Å². The van der Waals surface area contributed by atoms with E-state index in [1.165, 1.54) is 13.8 Å². The first kappa shape index (κ1) is 25.5. The Hall–Kier alpha value is -3.72.